The number of hydrogen-bond acceptors (Lipinski definition) is 8. The molecule has 0 aliphatic carbocycles. The zero-order valence-electron chi connectivity index (χ0n) is 37.5. The van der Waals surface area contributed by atoms with Crippen molar-refractivity contribution < 1.29 is 28.5 Å². The van der Waals surface area contributed by atoms with Gasteiger partial charge in [0, 0.05) is 31.1 Å². The lowest BCUT2D eigenvalue weighted by Gasteiger charge is -2.19. The summed E-state index contributed by atoms with van der Waals surface area (Å²) < 4.78 is 22.5. The summed E-state index contributed by atoms with van der Waals surface area (Å²) in [6, 6.07) is 0. The van der Waals surface area contributed by atoms with Crippen LogP contribution in [0, 0.1) is 10.8 Å². The molecular formula is C46H92O6S2. The van der Waals surface area contributed by atoms with Crippen molar-refractivity contribution in [3.63, 3.8) is 0 Å². The highest BCUT2D eigenvalue weighted by Crippen LogP contribution is 2.28. The lowest BCUT2D eigenvalue weighted by molar-refractivity contribution is -0.183. The molecule has 6 nitrogen and oxygen atoms in total. The van der Waals surface area contributed by atoms with Crippen LogP contribution >= 0.6 is 21.6 Å². The topological polar surface area (TPSA) is 71.1 Å². The van der Waals surface area contributed by atoms with E-state index in [2.05, 4.69) is 62.3 Å². The molecule has 0 atom stereocenters. The van der Waals surface area contributed by atoms with E-state index in [0.29, 0.717) is 43.5 Å². The standard InChI is InChI=1S/C25H50O4S2.C21H42O2/c1-6-8-10-12-14-18-27-24(28-19-15-13-11-9-7-2)22-29-23(26)16-20-30-31-21-17-25(3,4)5;1-5-6-7-8-9-11-14-17-20(22)23-19-16-13-10-12-15-18-21(2,3)4/h24H,6-22H2,1-5H3;5-19H2,1-4H3. The molecule has 0 aliphatic rings. The first-order chi connectivity index (χ1) is 25.8. The second-order valence-electron chi connectivity index (χ2n) is 17.6. The fourth-order valence-electron chi connectivity index (χ4n) is 5.58. The van der Waals surface area contributed by atoms with Gasteiger partial charge in [0.05, 0.1) is 13.0 Å². The normalized spacial score (nSPS) is 11.8. The van der Waals surface area contributed by atoms with Crippen LogP contribution in [-0.2, 0) is 28.5 Å². The molecule has 0 amide bonds. The summed E-state index contributed by atoms with van der Waals surface area (Å²) in [7, 11) is 3.60. The molecule has 0 aromatic rings. The van der Waals surface area contributed by atoms with E-state index < -0.39 is 6.29 Å². The van der Waals surface area contributed by atoms with Gasteiger partial charge in [0.15, 0.2) is 6.29 Å². The monoisotopic (exact) mass is 805 g/mol. The van der Waals surface area contributed by atoms with Crippen LogP contribution in [0.3, 0.4) is 0 Å². The van der Waals surface area contributed by atoms with Crippen molar-refractivity contribution in [3.8, 4) is 0 Å². The van der Waals surface area contributed by atoms with Crippen LogP contribution in [-0.4, -0.2) is 56.2 Å². The number of unbranched alkanes of at least 4 members (excludes halogenated alkanes) is 18. The van der Waals surface area contributed by atoms with Gasteiger partial charge in [-0.25, -0.2) is 0 Å². The van der Waals surface area contributed by atoms with E-state index >= 15 is 0 Å². The van der Waals surface area contributed by atoms with Crippen molar-refractivity contribution in [2.45, 2.75) is 236 Å². The molecule has 0 saturated carbocycles. The summed E-state index contributed by atoms with van der Waals surface area (Å²) in [5, 5.41) is 0. The van der Waals surface area contributed by atoms with Crippen molar-refractivity contribution >= 4 is 33.5 Å². The number of hydrogen-bond donors (Lipinski definition) is 0. The Morgan fingerprint density at radius 2 is 0.852 bits per heavy atom. The van der Waals surface area contributed by atoms with Gasteiger partial charge in [-0.05, 0) is 49.4 Å². The van der Waals surface area contributed by atoms with Gasteiger partial charge in [-0.3, -0.25) is 9.59 Å². The minimum Gasteiger partial charge on any atom is -0.466 e. The molecule has 8 heteroatoms. The van der Waals surface area contributed by atoms with Crippen molar-refractivity contribution in [1.29, 1.82) is 0 Å². The van der Waals surface area contributed by atoms with Gasteiger partial charge in [-0.15, -0.1) is 0 Å². The van der Waals surface area contributed by atoms with E-state index in [1.54, 1.807) is 10.8 Å². The lowest BCUT2D eigenvalue weighted by Crippen LogP contribution is -2.26. The molecule has 0 fully saturated rings. The quantitative estimate of drug-likeness (QED) is 0.0266. The van der Waals surface area contributed by atoms with Crippen molar-refractivity contribution in [3.05, 3.63) is 0 Å². The van der Waals surface area contributed by atoms with Gasteiger partial charge in [-0.1, -0.05) is 199 Å². The highest BCUT2D eigenvalue weighted by Gasteiger charge is 2.14. The Morgan fingerprint density at radius 1 is 0.444 bits per heavy atom. The second kappa shape index (κ2) is 40.7. The van der Waals surface area contributed by atoms with Crippen molar-refractivity contribution in [2.75, 3.05) is 37.9 Å². The first-order valence-corrected chi connectivity index (χ1v) is 25.1. The summed E-state index contributed by atoms with van der Waals surface area (Å²) in [4.78, 5) is 23.7. The van der Waals surface area contributed by atoms with Gasteiger partial charge in [0.2, 0.25) is 0 Å². The predicted octanol–water partition coefficient (Wildman–Crippen LogP) is 15.1. The molecule has 324 valence electrons. The minimum atomic E-state index is -0.435. The maximum atomic E-state index is 12.1. The second-order valence-corrected chi connectivity index (χ2v) is 20.3. The van der Waals surface area contributed by atoms with E-state index in [1.165, 1.54) is 128 Å². The Hall–Kier alpha value is -0.440. The van der Waals surface area contributed by atoms with Crippen LogP contribution in [0.15, 0.2) is 0 Å². The SMILES string of the molecule is CCCCCCCCCC(=O)OCCCCCCCC(C)(C)C.CCCCCCCOC(COC(=O)CCSSCCC(C)(C)C)OCCCCCCC. The van der Waals surface area contributed by atoms with Crippen LogP contribution < -0.4 is 0 Å². The third-order valence-corrected chi connectivity index (χ3v) is 11.6. The number of rotatable bonds is 37. The molecule has 0 saturated heterocycles. The molecule has 0 N–H and O–H groups in total. The van der Waals surface area contributed by atoms with Crippen LogP contribution in [0.1, 0.15) is 229 Å². The molecule has 0 bridgehead atoms. The molecule has 0 aromatic heterocycles. The van der Waals surface area contributed by atoms with Gasteiger partial charge >= 0.3 is 11.9 Å². The van der Waals surface area contributed by atoms with Gasteiger partial charge < -0.3 is 18.9 Å². The maximum absolute atomic E-state index is 12.1. The number of carbonyl (C=O) groups excluding carboxylic acids is 2. The largest absolute Gasteiger partial charge is 0.466 e. The summed E-state index contributed by atoms with van der Waals surface area (Å²) in [5.74, 6) is 1.75. The highest BCUT2D eigenvalue weighted by molar-refractivity contribution is 8.76. The maximum Gasteiger partial charge on any atom is 0.306 e. The number of carbonyl (C=O) groups is 2. The third kappa shape index (κ3) is 49.6. The Kier molecular flexibility index (Phi) is 42.0. The smallest absolute Gasteiger partial charge is 0.306 e. The first kappa shape index (κ1) is 55.7. The Balaban J connectivity index is 0. The third-order valence-electron chi connectivity index (χ3n) is 9.21. The van der Waals surface area contributed by atoms with Crippen molar-refractivity contribution in [2.24, 2.45) is 10.8 Å². The molecule has 54 heavy (non-hydrogen) atoms. The number of ether oxygens (including phenoxy) is 4. The first-order valence-electron chi connectivity index (χ1n) is 22.6. The molecule has 0 spiro atoms. The Labute approximate surface area is 345 Å². The summed E-state index contributed by atoms with van der Waals surface area (Å²) in [5.41, 5.74) is 0.832. The van der Waals surface area contributed by atoms with Crippen LogP contribution in [0.2, 0.25) is 0 Å². The zero-order valence-corrected chi connectivity index (χ0v) is 39.1. The average Bonchev–Trinajstić information content (AvgIpc) is 3.11. The van der Waals surface area contributed by atoms with Gasteiger partial charge in [0.1, 0.15) is 6.61 Å². The fraction of sp³-hybridized carbons (Fsp3) is 0.957. The molecule has 0 unspecified atom stereocenters. The fourth-order valence-corrected chi connectivity index (χ4v) is 7.97. The van der Waals surface area contributed by atoms with E-state index in [4.69, 9.17) is 18.9 Å². The van der Waals surface area contributed by atoms with Gasteiger partial charge in [-0.2, -0.15) is 0 Å². The van der Waals surface area contributed by atoms with Crippen LogP contribution in [0.4, 0.5) is 0 Å². The summed E-state index contributed by atoms with van der Waals surface area (Å²) in [6.45, 7) is 22.5. The Bertz CT molecular complexity index is 779. The van der Waals surface area contributed by atoms with Gasteiger partial charge in [0.25, 0.3) is 0 Å². The van der Waals surface area contributed by atoms with Crippen molar-refractivity contribution in [1.82, 2.24) is 0 Å². The number of esters is 2. The highest BCUT2D eigenvalue weighted by atomic mass is 33.1. The predicted molar refractivity (Wildman–Crippen MR) is 238 cm³/mol. The Morgan fingerprint density at radius 3 is 1.35 bits per heavy atom. The summed E-state index contributed by atoms with van der Waals surface area (Å²) >= 11 is 0. The molecule has 0 aromatic carbocycles. The van der Waals surface area contributed by atoms with E-state index in [1.807, 2.05) is 10.8 Å². The molecule has 0 aliphatic heterocycles. The minimum absolute atomic E-state index is 0.00582. The lowest BCUT2D eigenvalue weighted by atomic mass is 9.89. The zero-order chi connectivity index (χ0) is 40.6. The van der Waals surface area contributed by atoms with Crippen LogP contribution in [0.5, 0.6) is 0 Å². The van der Waals surface area contributed by atoms with E-state index in [0.717, 1.165) is 37.2 Å². The van der Waals surface area contributed by atoms with E-state index in [9.17, 15) is 9.59 Å². The average molecular weight is 805 g/mol. The summed E-state index contributed by atoms with van der Waals surface area (Å²) in [6.07, 6.45) is 29.9. The molecule has 0 heterocycles. The molecule has 0 rings (SSSR count). The van der Waals surface area contributed by atoms with E-state index in [-0.39, 0.29) is 18.5 Å². The molecule has 0 radical (unpaired) electrons. The molecular weight excluding hydrogens is 713 g/mol. The van der Waals surface area contributed by atoms with Crippen LogP contribution in [0.25, 0.3) is 0 Å².